The first-order valence-corrected chi connectivity index (χ1v) is 9.10. The van der Waals surface area contributed by atoms with Gasteiger partial charge in [0, 0.05) is 31.5 Å². The number of nitrogens with zero attached hydrogens (tertiary/aromatic N) is 1. The Bertz CT molecular complexity index is 575. The third kappa shape index (κ3) is 5.17. The van der Waals surface area contributed by atoms with E-state index in [-0.39, 0.29) is 11.7 Å². The number of amides is 1. The van der Waals surface area contributed by atoms with Crippen molar-refractivity contribution in [3.05, 3.63) is 34.9 Å². The van der Waals surface area contributed by atoms with Gasteiger partial charge in [0.05, 0.1) is 0 Å². The molecule has 1 aromatic carbocycles. The third-order valence-corrected chi connectivity index (χ3v) is 4.91. The summed E-state index contributed by atoms with van der Waals surface area (Å²) in [6.45, 7) is 9.75. The molecule has 1 aliphatic rings. The summed E-state index contributed by atoms with van der Waals surface area (Å²) in [6, 6.07) is 5.91. The Labute approximate surface area is 145 Å². The molecule has 0 atom stereocenters. The molecule has 1 N–H and O–H groups in total. The van der Waals surface area contributed by atoms with Gasteiger partial charge in [-0.1, -0.05) is 24.6 Å². The van der Waals surface area contributed by atoms with Crippen LogP contribution in [0.2, 0.25) is 0 Å². The first-order chi connectivity index (χ1) is 11.5. The van der Waals surface area contributed by atoms with E-state index in [2.05, 4.69) is 12.2 Å². The van der Waals surface area contributed by atoms with Crippen LogP contribution >= 0.6 is 0 Å². The lowest BCUT2D eigenvalue weighted by atomic mass is 9.96. The minimum Gasteiger partial charge on any atom is -0.343 e. The van der Waals surface area contributed by atoms with E-state index in [1.54, 1.807) is 0 Å². The van der Waals surface area contributed by atoms with Gasteiger partial charge in [-0.3, -0.25) is 9.59 Å². The Balaban J connectivity index is 1.79. The predicted molar refractivity (Wildman–Crippen MR) is 97.3 cm³/mol. The average Bonchev–Trinajstić information content (AvgIpc) is 2.60. The van der Waals surface area contributed by atoms with Crippen LogP contribution in [-0.4, -0.2) is 42.8 Å². The van der Waals surface area contributed by atoms with Crippen molar-refractivity contribution in [3.8, 4) is 0 Å². The molecule has 1 heterocycles. The molecule has 2 rings (SSSR count). The van der Waals surface area contributed by atoms with Crippen molar-refractivity contribution in [2.75, 3.05) is 26.2 Å². The second-order valence-corrected chi connectivity index (χ2v) is 6.87. The number of ketones is 1. The Hall–Kier alpha value is -1.68. The number of carbonyl (C=O) groups is 2. The number of piperidine rings is 1. The van der Waals surface area contributed by atoms with Gasteiger partial charge in [-0.25, -0.2) is 0 Å². The molecule has 132 valence electrons. The van der Waals surface area contributed by atoms with E-state index < -0.39 is 0 Å². The topological polar surface area (TPSA) is 49.4 Å². The van der Waals surface area contributed by atoms with E-state index in [1.807, 2.05) is 36.9 Å². The van der Waals surface area contributed by atoms with E-state index in [4.69, 9.17) is 0 Å². The molecule has 1 aromatic rings. The second-order valence-electron chi connectivity index (χ2n) is 6.87. The molecule has 1 amide bonds. The van der Waals surface area contributed by atoms with Crippen LogP contribution in [0.1, 0.15) is 54.1 Å². The molecular formula is C20H30N2O2. The molecule has 1 saturated heterocycles. The van der Waals surface area contributed by atoms with E-state index in [0.717, 1.165) is 55.7 Å². The van der Waals surface area contributed by atoms with Crippen LogP contribution in [-0.2, 0) is 4.79 Å². The molecule has 4 nitrogen and oxygen atoms in total. The zero-order valence-electron chi connectivity index (χ0n) is 15.2. The standard InChI is InChI=1S/C20H30N2O2/c1-4-21-14-17-9-11-22(12-10-17)20(24)8-7-19(23)18-13-15(2)5-6-16(18)3/h5-6,13,17,21H,4,7-12,14H2,1-3H3. The van der Waals surface area contributed by atoms with Gasteiger partial charge in [0.25, 0.3) is 0 Å². The summed E-state index contributed by atoms with van der Waals surface area (Å²) in [4.78, 5) is 26.7. The molecule has 4 heteroatoms. The second kappa shape index (κ2) is 8.97. The third-order valence-electron chi connectivity index (χ3n) is 4.91. The highest BCUT2D eigenvalue weighted by Gasteiger charge is 2.23. The first-order valence-electron chi connectivity index (χ1n) is 9.10. The Morgan fingerprint density at radius 1 is 1.17 bits per heavy atom. The fraction of sp³-hybridized carbons (Fsp3) is 0.600. The zero-order chi connectivity index (χ0) is 17.5. The van der Waals surface area contributed by atoms with Crippen molar-refractivity contribution in [2.24, 2.45) is 5.92 Å². The van der Waals surface area contributed by atoms with E-state index in [1.165, 1.54) is 0 Å². The summed E-state index contributed by atoms with van der Waals surface area (Å²) in [5.41, 5.74) is 2.83. The minimum atomic E-state index is 0.0755. The summed E-state index contributed by atoms with van der Waals surface area (Å²) in [6.07, 6.45) is 2.75. The lowest BCUT2D eigenvalue weighted by molar-refractivity contribution is -0.132. The normalized spacial score (nSPS) is 15.5. The van der Waals surface area contributed by atoms with Crippen molar-refractivity contribution < 1.29 is 9.59 Å². The molecule has 0 bridgehead atoms. The van der Waals surface area contributed by atoms with E-state index in [0.29, 0.717) is 18.8 Å². The molecule has 0 unspecified atom stereocenters. The molecule has 0 radical (unpaired) electrons. The summed E-state index contributed by atoms with van der Waals surface area (Å²) >= 11 is 0. The van der Waals surface area contributed by atoms with E-state index >= 15 is 0 Å². The Kier molecular flexibility index (Phi) is 6.98. The number of benzene rings is 1. The van der Waals surface area contributed by atoms with Gasteiger partial charge in [0.2, 0.25) is 5.91 Å². The van der Waals surface area contributed by atoms with Crippen molar-refractivity contribution in [1.29, 1.82) is 0 Å². The summed E-state index contributed by atoms with van der Waals surface area (Å²) in [5.74, 6) is 0.868. The molecule has 0 aromatic heterocycles. The van der Waals surface area contributed by atoms with Crippen LogP contribution in [0.3, 0.4) is 0 Å². The predicted octanol–water partition coefficient (Wildman–Crippen LogP) is 3.11. The lowest BCUT2D eigenvalue weighted by Crippen LogP contribution is -2.40. The van der Waals surface area contributed by atoms with Crippen LogP contribution in [0, 0.1) is 19.8 Å². The number of carbonyl (C=O) groups excluding carboxylic acids is 2. The maximum absolute atomic E-state index is 12.4. The molecule has 0 saturated carbocycles. The van der Waals surface area contributed by atoms with Gasteiger partial charge in [0.15, 0.2) is 5.78 Å². The van der Waals surface area contributed by atoms with Gasteiger partial charge < -0.3 is 10.2 Å². The van der Waals surface area contributed by atoms with E-state index in [9.17, 15) is 9.59 Å². The number of nitrogens with one attached hydrogen (secondary N) is 1. The van der Waals surface area contributed by atoms with Gasteiger partial charge in [-0.15, -0.1) is 0 Å². The molecule has 0 aliphatic carbocycles. The number of hydrogen-bond donors (Lipinski definition) is 1. The van der Waals surface area contributed by atoms with Crippen LogP contribution in [0.25, 0.3) is 0 Å². The van der Waals surface area contributed by atoms with Crippen LogP contribution in [0.15, 0.2) is 18.2 Å². The van der Waals surface area contributed by atoms with Crippen LogP contribution in [0.4, 0.5) is 0 Å². The summed E-state index contributed by atoms with van der Waals surface area (Å²) in [5, 5.41) is 3.38. The average molecular weight is 330 g/mol. The SMILES string of the molecule is CCNCC1CCN(C(=O)CCC(=O)c2cc(C)ccc2C)CC1. The van der Waals surface area contributed by atoms with Crippen LogP contribution < -0.4 is 5.32 Å². The Morgan fingerprint density at radius 2 is 1.88 bits per heavy atom. The number of Topliss-reactive ketones (excluding diaryl/α,β-unsaturated/α-hetero) is 1. The first kappa shape index (κ1) is 18.7. The zero-order valence-corrected chi connectivity index (χ0v) is 15.2. The minimum absolute atomic E-state index is 0.0755. The van der Waals surface area contributed by atoms with Crippen molar-refractivity contribution in [2.45, 2.75) is 46.5 Å². The maximum Gasteiger partial charge on any atom is 0.223 e. The van der Waals surface area contributed by atoms with Gasteiger partial charge in [0.1, 0.15) is 0 Å². The Morgan fingerprint density at radius 3 is 2.54 bits per heavy atom. The van der Waals surface area contributed by atoms with Gasteiger partial charge in [-0.2, -0.15) is 0 Å². The van der Waals surface area contributed by atoms with Gasteiger partial charge >= 0.3 is 0 Å². The largest absolute Gasteiger partial charge is 0.343 e. The number of rotatable bonds is 7. The molecule has 1 aliphatic heterocycles. The maximum atomic E-state index is 12.4. The van der Waals surface area contributed by atoms with Crippen molar-refractivity contribution >= 4 is 11.7 Å². The smallest absolute Gasteiger partial charge is 0.223 e. The molecule has 0 spiro atoms. The van der Waals surface area contributed by atoms with Crippen molar-refractivity contribution in [3.63, 3.8) is 0 Å². The summed E-state index contributed by atoms with van der Waals surface area (Å²) in [7, 11) is 0. The number of hydrogen-bond acceptors (Lipinski definition) is 3. The highest BCUT2D eigenvalue weighted by molar-refractivity contribution is 5.99. The lowest BCUT2D eigenvalue weighted by Gasteiger charge is -2.32. The molecule has 24 heavy (non-hydrogen) atoms. The highest BCUT2D eigenvalue weighted by atomic mass is 16.2. The molecular weight excluding hydrogens is 300 g/mol. The fourth-order valence-corrected chi connectivity index (χ4v) is 3.28. The molecule has 1 fully saturated rings. The number of aryl methyl sites for hydroxylation is 2. The quantitative estimate of drug-likeness (QED) is 0.782. The van der Waals surface area contributed by atoms with Gasteiger partial charge in [-0.05, 0) is 57.3 Å². The van der Waals surface area contributed by atoms with Crippen LogP contribution in [0.5, 0.6) is 0 Å². The monoisotopic (exact) mass is 330 g/mol. The highest BCUT2D eigenvalue weighted by Crippen LogP contribution is 2.18. The summed E-state index contributed by atoms with van der Waals surface area (Å²) < 4.78 is 0. The number of likely N-dealkylation sites (tertiary alicyclic amines) is 1. The fourth-order valence-electron chi connectivity index (χ4n) is 3.28. The van der Waals surface area contributed by atoms with Crippen molar-refractivity contribution in [1.82, 2.24) is 10.2 Å².